The van der Waals surface area contributed by atoms with Crippen molar-refractivity contribution in [2.75, 3.05) is 12.8 Å². The van der Waals surface area contributed by atoms with Crippen LogP contribution in [-0.4, -0.2) is 29.3 Å². The summed E-state index contributed by atoms with van der Waals surface area (Å²) in [5.74, 6) is -0.885. The molecule has 0 saturated carbocycles. The predicted molar refractivity (Wildman–Crippen MR) is 110 cm³/mol. The van der Waals surface area contributed by atoms with Crippen molar-refractivity contribution in [3.8, 4) is 0 Å². The topological polar surface area (TPSA) is 95.9 Å². The van der Waals surface area contributed by atoms with Gasteiger partial charge in [0.25, 0.3) is 0 Å². The van der Waals surface area contributed by atoms with Crippen LogP contribution in [0.2, 0.25) is 0 Å². The molecule has 1 aromatic heterocycles. The lowest BCUT2D eigenvalue weighted by Crippen LogP contribution is -2.16. The molecule has 0 amide bonds. The number of carbonyl (C=O) groups excluding carboxylic acids is 2. The second-order valence-electron chi connectivity index (χ2n) is 6.71. The molecule has 7 nitrogen and oxygen atoms in total. The fourth-order valence-electron chi connectivity index (χ4n) is 3.37. The van der Waals surface area contributed by atoms with Crippen LogP contribution in [0.15, 0.2) is 65.5 Å². The Morgan fingerprint density at radius 2 is 1.93 bits per heavy atom. The average molecular weight is 389 g/mol. The van der Waals surface area contributed by atoms with E-state index < -0.39 is 12.0 Å². The highest BCUT2D eigenvalue weighted by atomic mass is 16.7. The number of anilines is 1. The minimum Gasteiger partial charge on any atom is -0.467 e. The number of hydrogen-bond acceptors (Lipinski definition) is 6. The van der Waals surface area contributed by atoms with E-state index in [-0.39, 0.29) is 5.97 Å². The average Bonchev–Trinajstić information content (AvgIpc) is 3.29. The number of nitrogen functional groups attached to an aromatic ring is 1. The third-order valence-electron chi connectivity index (χ3n) is 4.91. The summed E-state index contributed by atoms with van der Waals surface area (Å²) >= 11 is 0. The SMILES string of the molecule is COC(=O)C(C)n1cc(/C=C2\C(=O)ON=C2c2ccc(N)cc2)c2ccccc21. The van der Waals surface area contributed by atoms with Gasteiger partial charge in [-0.2, -0.15) is 0 Å². The number of methoxy groups -OCH3 is 1. The summed E-state index contributed by atoms with van der Waals surface area (Å²) in [6, 6.07) is 14.2. The standard InChI is InChI=1S/C22H19N3O4/c1-13(21(26)28-2)25-12-15(17-5-3-4-6-19(17)25)11-18-20(24-29-22(18)27)14-7-9-16(23)10-8-14/h3-13H,23H2,1-2H3/b18-11-. The zero-order valence-corrected chi connectivity index (χ0v) is 16.0. The summed E-state index contributed by atoms with van der Waals surface area (Å²) in [5, 5.41) is 4.83. The Morgan fingerprint density at radius 1 is 1.21 bits per heavy atom. The summed E-state index contributed by atoms with van der Waals surface area (Å²) in [4.78, 5) is 29.3. The van der Waals surface area contributed by atoms with E-state index in [1.54, 1.807) is 37.3 Å². The lowest BCUT2D eigenvalue weighted by atomic mass is 10.0. The molecule has 4 rings (SSSR count). The molecule has 2 aromatic carbocycles. The number of nitrogens with zero attached hydrogens (tertiary/aromatic N) is 2. The van der Waals surface area contributed by atoms with E-state index in [0.717, 1.165) is 22.0 Å². The van der Waals surface area contributed by atoms with Gasteiger partial charge in [-0.3, -0.25) is 0 Å². The maximum Gasteiger partial charge on any atom is 0.368 e. The molecule has 1 aliphatic heterocycles. The van der Waals surface area contributed by atoms with Gasteiger partial charge in [0.2, 0.25) is 0 Å². The molecule has 29 heavy (non-hydrogen) atoms. The Balaban J connectivity index is 1.83. The molecule has 1 unspecified atom stereocenters. The summed E-state index contributed by atoms with van der Waals surface area (Å²) in [5.41, 5.74) is 9.49. The molecule has 146 valence electrons. The van der Waals surface area contributed by atoms with E-state index >= 15 is 0 Å². The van der Waals surface area contributed by atoms with Crippen LogP contribution in [0.4, 0.5) is 5.69 Å². The van der Waals surface area contributed by atoms with Crippen molar-refractivity contribution in [2.45, 2.75) is 13.0 Å². The molecule has 7 heteroatoms. The molecule has 0 radical (unpaired) electrons. The van der Waals surface area contributed by atoms with Gasteiger partial charge in [0, 0.05) is 33.9 Å². The number of para-hydroxylation sites is 1. The number of benzene rings is 2. The van der Waals surface area contributed by atoms with E-state index in [9.17, 15) is 9.59 Å². The third kappa shape index (κ3) is 3.27. The van der Waals surface area contributed by atoms with Crippen molar-refractivity contribution >= 4 is 40.3 Å². The summed E-state index contributed by atoms with van der Waals surface area (Å²) < 4.78 is 6.71. The molecule has 3 aromatic rings. The quantitative estimate of drug-likeness (QED) is 0.320. The normalized spacial score (nSPS) is 16.0. The molecular formula is C22H19N3O4. The first-order chi connectivity index (χ1) is 14.0. The second kappa shape index (κ2) is 7.27. The number of aromatic nitrogens is 1. The maximum absolute atomic E-state index is 12.3. The van der Waals surface area contributed by atoms with Crippen LogP contribution >= 0.6 is 0 Å². The second-order valence-corrected chi connectivity index (χ2v) is 6.71. The van der Waals surface area contributed by atoms with Gasteiger partial charge in [-0.25, -0.2) is 9.59 Å². The van der Waals surface area contributed by atoms with E-state index in [1.165, 1.54) is 7.11 Å². The summed E-state index contributed by atoms with van der Waals surface area (Å²) in [7, 11) is 1.36. The van der Waals surface area contributed by atoms with Gasteiger partial charge in [-0.05, 0) is 31.2 Å². The van der Waals surface area contributed by atoms with E-state index in [1.807, 2.05) is 35.0 Å². The zero-order valence-electron chi connectivity index (χ0n) is 16.0. The van der Waals surface area contributed by atoms with Crippen LogP contribution < -0.4 is 5.73 Å². The van der Waals surface area contributed by atoms with Crippen LogP contribution in [-0.2, 0) is 19.2 Å². The highest BCUT2D eigenvalue weighted by molar-refractivity contribution is 6.31. The number of esters is 1. The molecular weight excluding hydrogens is 370 g/mol. The smallest absolute Gasteiger partial charge is 0.368 e. The summed E-state index contributed by atoms with van der Waals surface area (Å²) in [6.07, 6.45) is 3.55. The van der Waals surface area contributed by atoms with Gasteiger partial charge in [0.15, 0.2) is 0 Å². The fraction of sp³-hybridized carbons (Fsp3) is 0.136. The van der Waals surface area contributed by atoms with Gasteiger partial charge >= 0.3 is 11.9 Å². The largest absolute Gasteiger partial charge is 0.467 e. The Bertz CT molecular complexity index is 1170. The van der Waals surface area contributed by atoms with Crippen molar-refractivity contribution in [1.29, 1.82) is 0 Å². The number of rotatable bonds is 4. The van der Waals surface area contributed by atoms with E-state index in [4.69, 9.17) is 15.3 Å². The minimum absolute atomic E-state index is 0.336. The van der Waals surface area contributed by atoms with Crippen LogP contribution in [0.1, 0.15) is 24.1 Å². The first-order valence-electron chi connectivity index (χ1n) is 9.04. The Labute approximate surface area is 167 Å². The lowest BCUT2D eigenvalue weighted by Gasteiger charge is -2.12. The van der Waals surface area contributed by atoms with Crippen molar-refractivity contribution in [3.63, 3.8) is 0 Å². The van der Waals surface area contributed by atoms with Gasteiger partial charge in [-0.15, -0.1) is 0 Å². The van der Waals surface area contributed by atoms with E-state index in [0.29, 0.717) is 17.0 Å². The number of oxime groups is 1. The van der Waals surface area contributed by atoms with Crippen molar-refractivity contribution < 1.29 is 19.2 Å². The first-order valence-corrected chi connectivity index (χ1v) is 9.04. The van der Waals surface area contributed by atoms with Crippen LogP contribution in [0, 0.1) is 0 Å². The summed E-state index contributed by atoms with van der Waals surface area (Å²) in [6.45, 7) is 1.76. The molecule has 1 aliphatic rings. The first kappa shape index (κ1) is 18.5. The molecule has 1 atom stereocenters. The number of hydrogen-bond donors (Lipinski definition) is 1. The van der Waals surface area contributed by atoms with Crippen molar-refractivity contribution in [1.82, 2.24) is 4.57 Å². The lowest BCUT2D eigenvalue weighted by molar-refractivity contribution is -0.144. The molecule has 2 heterocycles. The van der Waals surface area contributed by atoms with Gasteiger partial charge in [0.05, 0.1) is 12.7 Å². The Kier molecular flexibility index (Phi) is 4.64. The van der Waals surface area contributed by atoms with Crippen LogP contribution in [0.25, 0.3) is 17.0 Å². The van der Waals surface area contributed by atoms with Crippen LogP contribution in [0.5, 0.6) is 0 Å². The molecule has 0 aliphatic carbocycles. The monoisotopic (exact) mass is 389 g/mol. The molecule has 0 bridgehead atoms. The predicted octanol–water partition coefficient (Wildman–Crippen LogP) is 3.30. The van der Waals surface area contributed by atoms with Gasteiger partial charge < -0.3 is 19.9 Å². The number of nitrogens with two attached hydrogens (primary N) is 1. The number of carbonyl (C=O) groups is 2. The van der Waals surface area contributed by atoms with E-state index in [2.05, 4.69) is 5.16 Å². The van der Waals surface area contributed by atoms with Crippen LogP contribution in [0.3, 0.4) is 0 Å². The van der Waals surface area contributed by atoms with Crippen molar-refractivity contribution in [3.05, 3.63) is 71.4 Å². The Hall–Kier alpha value is -3.87. The van der Waals surface area contributed by atoms with Gasteiger partial charge in [-0.1, -0.05) is 35.5 Å². The highest BCUT2D eigenvalue weighted by Gasteiger charge is 2.28. The Morgan fingerprint density at radius 3 is 2.66 bits per heavy atom. The third-order valence-corrected chi connectivity index (χ3v) is 4.91. The minimum atomic E-state index is -0.533. The van der Waals surface area contributed by atoms with Crippen molar-refractivity contribution in [2.24, 2.45) is 5.16 Å². The molecule has 0 saturated heterocycles. The van der Waals surface area contributed by atoms with Gasteiger partial charge in [0.1, 0.15) is 11.8 Å². The fourth-order valence-corrected chi connectivity index (χ4v) is 3.37. The highest BCUT2D eigenvalue weighted by Crippen LogP contribution is 2.29. The molecule has 0 spiro atoms. The number of fused-ring (bicyclic) bond motifs is 1. The zero-order chi connectivity index (χ0) is 20.5. The molecule has 2 N–H and O–H groups in total. The molecule has 0 fully saturated rings. The maximum atomic E-state index is 12.3. The number of ether oxygens (including phenoxy) is 1.